The smallest absolute Gasteiger partial charge is 0.343 e. The second-order valence-electron chi connectivity index (χ2n) is 11.9. The van der Waals surface area contributed by atoms with Crippen LogP contribution in [0.1, 0.15) is 67.9 Å². The van der Waals surface area contributed by atoms with Gasteiger partial charge in [-0.2, -0.15) is 0 Å². The molecule has 0 radical (unpaired) electrons. The third kappa shape index (κ3) is 9.02. The molecular formula is C30H42FN5O3S. The zero-order valence-electron chi connectivity index (χ0n) is 24.7. The second-order valence-corrected chi connectivity index (χ2v) is 12.9. The number of anilines is 1. The Morgan fingerprint density at radius 2 is 1.85 bits per heavy atom. The third-order valence-electron chi connectivity index (χ3n) is 7.62. The van der Waals surface area contributed by atoms with E-state index in [0.29, 0.717) is 15.7 Å². The molecule has 0 saturated heterocycles. The van der Waals surface area contributed by atoms with Crippen LogP contribution < -0.4 is 5.32 Å². The van der Waals surface area contributed by atoms with Crippen LogP contribution in [0.25, 0.3) is 0 Å². The van der Waals surface area contributed by atoms with Gasteiger partial charge in [0.2, 0.25) is 5.91 Å². The number of amides is 3. The Balaban J connectivity index is 1.67. The van der Waals surface area contributed by atoms with Crippen molar-refractivity contribution in [1.82, 2.24) is 14.8 Å². The zero-order chi connectivity index (χ0) is 29.6. The van der Waals surface area contributed by atoms with Crippen LogP contribution in [-0.2, 0) is 11.2 Å². The predicted octanol–water partition coefficient (Wildman–Crippen LogP) is 5.86. The van der Waals surface area contributed by atoms with Crippen molar-refractivity contribution in [2.75, 3.05) is 32.5 Å². The van der Waals surface area contributed by atoms with Gasteiger partial charge >= 0.3 is 6.03 Å². The van der Waals surface area contributed by atoms with Gasteiger partial charge in [0.15, 0.2) is 10.9 Å². The summed E-state index contributed by atoms with van der Waals surface area (Å²) < 4.78 is 13.3. The van der Waals surface area contributed by atoms with E-state index in [1.807, 2.05) is 19.2 Å². The van der Waals surface area contributed by atoms with Gasteiger partial charge < -0.3 is 9.80 Å². The van der Waals surface area contributed by atoms with Crippen LogP contribution in [-0.4, -0.2) is 71.9 Å². The molecule has 3 amide bonds. The molecule has 1 saturated carbocycles. The maximum Gasteiger partial charge on any atom is 0.346 e. The number of halogens is 1. The number of Topliss-reactive ketones (excluding diaryl/α,β-unsaturated/α-hetero) is 1. The van der Waals surface area contributed by atoms with Crippen molar-refractivity contribution in [2.24, 2.45) is 22.2 Å². The lowest BCUT2D eigenvalue weighted by Crippen LogP contribution is -2.45. The van der Waals surface area contributed by atoms with Crippen molar-refractivity contribution < 1.29 is 18.8 Å². The van der Waals surface area contributed by atoms with E-state index in [9.17, 15) is 18.8 Å². The summed E-state index contributed by atoms with van der Waals surface area (Å²) in [5, 5.41) is 3.03. The maximum absolute atomic E-state index is 13.3. The molecule has 0 aliphatic heterocycles. The fraction of sp³-hybridized carbons (Fsp3) is 0.567. The lowest BCUT2D eigenvalue weighted by Gasteiger charge is -2.40. The van der Waals surface area contributed by atoms with Crippen LogP contribution in [0.15, 0.2) is 29.3 Å². The van der Waals surface area contributed by atoms with E-state index in [1.165, 1.54) is 19.1 Å². The van der Waals surface area contributed by atoms with Gasteiger partial charge in [-0.3, -0.25) is 14.9 Å². The van der Waals surface area contributed by atoms with Crippen molar-refractivity contribution in [3.63, 3.8) is 0 Å². The molecular weight excluding hydrogens is 529 g/mol. The summed E-state index contributed by atoms with van der Waals surface area (Å²) in [6, 6.07) is 6.25. The molecule has 2 aromatic rings. The lowest BCUT2D eigenvalue weighted by atomic mass is 9.76. The number of thiazole rings is 1. The molecule has 1 aliphatic rings. The first kappa shape index (κ1) is 31.5. The quantitative estimate of drug-likeness (QED) is 0.285. The number of nitrogens with one attached hydrogen (secondary N) is 1. The van der Waals surface area contributed by atoms with Crippen LogP contribution in [0.3, 0.4) is 0 Å². The third-order valence-corrected chi connectivity index (χ3v) is 8.79. The number of hydrogen-bond acceptors (Lipinski definition) is 6. The number of carbonyl (C=O) groups excluding carboxylic acids is 3. The molecule has 1 fully saturated rings. The van der Waals surface area contributed by atoms with Crippen molar-refractivity contribution in [1.29, 1.82) is 0 Å². The number of nitrogens with zero attached hydrogens (tertiary/aromatic N) is 4. The average Bonchev–Trinajstić information content (AvgIpc) is 3.23. The number of aliphatic imine (C=N–C) groups is 1. The molecule has 1 heterocycles. The highest BCUT2D eigenvalue weighted by molar-refractivity contribution is 7.17. The van der Waals surface area contributed by atoms with E-state index in [2.05, 4.69) is 41.1 Å². The molecule has 3 atom stereocenters. The SMILES string of the molecule is CC(=O)c1sc(NC(=O)N=CC2C[C@@H](N(C)C(C)=O)CC[C@H]2CN(C)CC(C)(C)Cc2ccc(F)cc2)nc1C. The lowest BCUT2D eigenvalue weighted by molar-refractivity contribution is -0.130. The number of aryl methyl sites for hydroxylation is 1. The molecule has 1 N–H and O–H groups in total. The molecule has 1 aliphatic carbocycles. The molecule has 1 unspecified atom stereocenters. The first-order valence-electron chi connectivity index (χ1n) is 13.7. The largest absolute Gasteiger partial charge is 0.346 e. The van der Waals surface area contributed by atoms with Crippen LogP contribution in [0.2, 0.25) is 0 Å². The normalized spacial score (nSPS) is 19.7. The number of aromatic nitrogens is 1. The van der Waals surface area contributed by atoms with Crippen molar-refractivity contribution in [3.05, 3.63) is 46.2 Å². The van der Waals surface area contributed by atoms with E-state index in [1.54, 1.807) is 25.0 Å². The minimum atomic E-state index is -0.529. The number of urea groups is 1. The molecule has 40 heavy (non-hydrogen) atoms. The van der Waals surface area contributed by atoms with Gasteiger partial charge in [0.25, 0.3) is 0 Å². The van der Waals surface area contributed by atoms with Gasteiger partial charge in [-0.1, -0.05) is 37.3 Å². The van der Waals surface area contributed by atoms with E-state index >= 15 is 0 Å². The van der Waals surface area contributed by atoms with Gasteiger partial charge in [0, 0.05) is 52.2 Å². The van der Waals surface area contributed by atoms with Crippen LogP contribution in [0.4, 0.5) is 14.3 Å². The highest BCUT2D eigenvalue weighted by atomic mass is 32.1. The Bertz CT molecular complexity index is 1230. The first-order valence-corrected chi connectivity index (χ1v) is 14.6. The predicted molar refractivity (Wildman–Crippen MR) is 159 cm³/mol. The second kappa shape index (κ2) is 13.6. The Morgan fingerprint density at radius 3 is 2.45 bits per heavy atom. The highest BCUT2D eigenvalue weighted by Gasteiger charge is 2.34. The average molecular weight is 572 g/mol. The molecule has 1 aromatic heterocycles. The van der Waals surface area contributed by atoms with E-state index in [0.717, 1.165) is 55.7 Å². The van der Waals surface area contributed by atoms with Gasteiger partial charge in [-0.05, 0) is 68.7 Å². The monoisotopic (exact) mass is 571 g/mol. The van der Waals surface area contributed by atoms with Crippen molar-refractivity contribution in [2.45, 2.75) is 66.3 Å². The Kier molecular flexibility index (Phi) is 10.7. The van der Waals surface area contributed by atoms with E-state index in [-0.39, 0.29) is 40.8 Å². The standard InChI is InChI=1S/C30H42FN5O3S/c1-19-27(20(2)37)40-29(33-19)34-28(39)32-16-24-14-26(36(7)21(3)38)13-10-23(24)17-35(6)18-30(4,5)15-22-8-11-25(31)12-9-22/h8-9,11-12,16,23-24,26H,10,13-15,17-18H2,1-7H3,(H,33,34,39)/t23-,24?,26-/m0/s1. The minimum absolute atomic E-state index is 0.0137. The Morgan fingerprint density at radius 1 is 1.18 bits per heavy atom. The van der Waals surface area contributed by atoms with Crippen molar-refractivity contribution >= 4 is 40.4 Å². The number of rotatable bonds is 10. The summed E-state index contributed by atoms with van der Waals surface area (Å²) in [4.78, 5) is 49.5. The first-order chi connectivity index (χ1) is 18.7. The molecule has 0 spiro atoms. The fourth-order valence-electron chi connectivity index (χ4n) is 5.73. The van der Waals surface area contributed by atoms with Crippen molar-refractivity contribution in [3.8, 4) is 0 Å². The molecule has 0 bridgehead atoms. The Labute approximate surface area is 241 Å². The molecule has 1 aromatic carbocycles. The molecule has 3 rings (SSSR count). The summed E-state index contributed by atoms with van der Waals surface area (Å²) in [5.41, 5.74) is 1.67. The zero-order valence-corrected chi connectivity index (χ0v) is 25.5. The number of benzene rings is 1. The molecule has 10 heteroatoms. The summed E-state index contributed by atoms with van der Waals surface area (Å²) in [6.07, 6.45) is 5.10. The maximum atomic E-state index is 13.3. The molecule has 218 valence electrons. The number of ketones is 1. The summed E-state index contributed by atoms with van der Waals surface area (Å²) in [6.45, 7) is 10.9. The summed E-state index contributed by atoms with van der Waals surface area (Å²) >= 11 is 1.14. The number of hydrogen-bond donors (Lipinski definition) is 1. The van der Waals surface area contributed by atoms with E-state index in [4.69, 9.17) is 0 Å². The minimum Gasteiger partial charge on any atom is -0.343 e. The van der Waals surface area contributed by atoms with E-state index < -0.39 is 6.03 Å². The van der Waals surface area contributed by atoms with Crippen LogP contribution in [0.5, 0.6) is 0 Å². The summed E-state index contributed by atoms with van der Waals surface area (Å²) in [7, 11) is 3.94. The van der Waals surface area contributed by atoms with Gasteiger partial charge in [0.05, 0.1) is 10.6 Å². The van der Waals surface area contributed by atoms with Crippen LogP contribution >= 0.6 is 11.3 Å². The van der Waals surface area contributed by atoms with Gasteiger partial charge in [-0.25, -0.2) is 19.2 Å². The number of carbonyl (C=O) groups is 3. The van der Waals surface area contributed by atoms with Gasteiger partial charge in [0.1, 0.15) is 5.82 Å². The topological polar surface area (TPSA) is 95.0 Å². The molecule has 8 nitrogen and oxygen atoms in total. The van der Waals surface area contributed by atoms with Crippen LogP contribution in [0, 0.1) is 30.0 Å². The van der Waals surface area contributed by atoms with Gasteiger partial charge in [-0.15, -0.1) is 0 Å². The Hall–Kier alpha value is -2.98. The fourth-order valence-corrected chi connectivity index (χ4v) is 6.58. The summed E-state index contributed by atoms with van der Waals surface area (Å²) in [5.74, 6) is -0.00812. The highest BCUT2D eigenvalue weighted by Crippen LogP contribution is 2.33.